The third-order valence-corrected chi connectivity index (χ3v) is 9.35. The SMILES string of the molecule is CCN1/C(=C/C=C/C=C/c2[se]c3ccccc3[n+]2CC)[Se]c2ccccc21. The molecule has 0 amide bonds. The zero-order valence-corrected chi connectivity index (χ0v) is 19.1. The molecule has 0 spiro atoms. The molecule has 1 aliphatic rings. The maximum absolute atomic E-state index is 2.44. The van der Waals surface area contributed by atoms with Gasteiger partial charge in [-0.15, -0.1) is 0 Å². The van der Waals surface area contributed by atoms with E-state index < -0.39 is 0 Å². The minimum atomic E-state index is 0.407. The number of nitrogens with zero attached hydrogens (tertiary/aromatic N) is 2. The second kappa shape index (κ2) is 8.46. The summed E-state index contributed by atoms with van der Waals surface area (Å²) in [6, 6.07) is 17.6. The van der Waals surface area contributed by atoms with Crippen LogP contribution in [0.4, 0.5) is 5.69 Å². The number of hydrogen-bond donors (Lipinski definition) is 0. The summed E-state index contributed by atoms with van der Waals surface area (Å²) >= 11 is 0.815. The molecule has 2 aromatic carbocycles. The summed E-state index contributed by atoms with van der Waals surface area (Å²) in [5, 5.41) is 0. The number of anilines is 1. The molecule has 0 saturated carbocycles. The first-order valence-corrected chi connectivity index (χ1v) is 12.7. The predicted molar refractivity (Wildman–Crippen MR) is 118 cm³/mol. The number of rotatable bonds is 5. The Balaban J connectivity index is 1.51. The van der Waals surface area contributed by atoms with E-state index in [0.29, 0.717) is 29.5 Å². The van der Waals surface area contributed by atoms with Crippen molar-refractivity contribution in [1.29, 1.82) is 0 Å². The molecular formula is C23H23N2Se2+. The fraction of sp³-hybridized carbons (Fsp3) is 0.174. The molecule has 136 valence electrons. The Kier molecular flexibility index (Phi) is 5.80. The van der Waals surface area contributed by atoms with Gasteiger partial charge in [0, 0.05) is 0 Å². The Morgan fingerprint density at radius 3 is 2.63 bits per heavy atom. The predicted octanol–water partition coefficient (Wildman–Crippen LogP) is 3.48. The number of fused-ring (bicyclic) bond motifs is 2. The molecule has 4 heteroatoms. The molecule has 0 N–H and O–H groups in total. The van der Waals surface area contributed by atoms with E-state index in [2.05, 4.69) is 102 Å². The van der Waals surface area contributed by atoms with Crippen molar-refractivity contribution in [3.8, 4) is 0 Å². The van der Waals surface area contributed by atoms with Gasteiger partial charge in [0.1, 0.15) is 0 Å². The van der Waals surface area contributed by atoms with Crippen LogP contribution in [0.1, 0.15) is 18.4 Å². The van der Waals surface area contributed by atoms with Crippen LogP contribution in [-0.2, 0) is 6.54 Å². The quantitative estimate of drug-likeness (QED) is 0.305. The van der Waals surface area contributed by atoms with Gasteiger partial charge in [-0.25, -0.2) is 0 Å². The van der Waals surface area contributed by atoms with Crippen molar-refractivity contribution in [3.63, 3.8) is 0 Å². The monoisotopic (exact) mass is 487 g/mol. The molecule has 1 aliphatic heterocycles. The zero-order valence-electron chi connectivity index (χ0n) is 15.6. The van der Waals surface area contributed by atoms with Crippen molar-refractivity contribution in [2.45, 2.75) is 20.4 Å². The molecule has 0 unspecified atom stereocenters. The van der Waals surface area contributed by atoms with Gasteiger partial charge in [-0.05, 0) is 0 Å². The third kappa shape index (κ3) is 3.76. The van der Waals surface area contributed by atoms with E-state index in [1.165, 1.54) is 29.1 Å². The van der Waals surface area contributed by atoms with Gasteiger partial charge in [0.15, 0.2) is 0 Å². The maximum atomic E-state index is 2.44. The van der Waals surface area contributed by atoms with Gasteiger partial charge >= 0.3 is 174 Å². The van der Waals surface area contributed by atoms with Gasteiger partial charge in [0.25, 0.3) is 0 Å². The standard InChI is InChI=1S/C23H23N2Se2/c1-3-24-18-12-8-10-14-20(18)26-22(24)16-6-5-7-17-23-25(4-2)19-13-9-11-15-21(19)27-23/h5-17H,3-4H2,1-2H3/q+1. The number of benzene rings is 2. The molecule has 1 aromatic heterocycles. The van der Waals surface area contributed by atoms with Crippen molar-refractivity contribution < 1.29 is 4.57 Å². The van der Waals surface area contributed by atoms with Crippen LogP contribution in [0.5, 0.6) is 0 Å². The van der Waals surface area contributed by atoms with Crippen molar-refractivity contribution in [2.24, 2.45) is 0 Å². The van der Waals surface area contributed by atoms with Gasteiger partial charge in [0.05, 0.1) is 0 Å². The number of aromatic nitrogens is 1. The van der Waals surface area contributed by atoms with E-state index in [9.17, 15) is 0 Å². The number of para-hydroxylation sites is 2. The topological polar surface area (TPSA) is 7.12 Å². The zero-order chi connectivity index (χ0) is 18.6. The van der Waals surface area contributed by atoms with Crippen molar-refractivity contribution in [1.82, 2.24) is 0 Å². The van der Waals surface area contributed by atoms with Crippen LogP contribution >= 0.6 is 0 Å². The van der Waals surface area contributed by atoms with Crippen molar-refractivity contribution in [3.05, 3.63) is 82.0 Å². The molecular weight excluding hydrogens is 462 g/mol. The summed E-state index contributed by atoms with van der Waals surface area (Å²) < 4.78 is 8.30. The van der Waals surface area contributed by atoms with Gasteiger partial charge < -0.3 is 0 Å². The van der Waals surface area contributed by atoms with E-state index >= 15 is 0 Å². The third-order valence-electron chi connectivity index (χ3n) is 4.61. The second-order valence-corrected chi connectivity index (χ2v) is 10.7. The first-order chi connectivity index (χ1) is 13.3. The number of aryl methyl sites for hydroxylation is 1. The van der Waals surface area contributed by atoms with Crippen molar-refractivity contribution in [2.75, 3.05) is 11.4 Å². The molecule has 0 radical (unpaired) electrons. The Morgan fingerprint density at radius 1 is 0.963 bits per heavy atom. The Bertz CT molecular complexity index is 1040. The number of hydrogen-bond acceptors (Lipinski definition) is 1. The summed E-state index contributed by atoms with van der Waals surface area (Å²) in [5.74, 6) is 0. The van der Waals surface area contributed by atoms with Crippen LogP contribution in [0.3, 0.4) is 0 Å². The van der Waals surface area contributed by atoms with Crippen LogP contribution in [0, 0.1) is 0 Å². The molecule has 3 aromatic rings. The van der Waals surface area contributed by atoms with E-state index in [-0.39, 0.29) is 0 Å². The molecule has 2 heterocycles. The van der Waals surface area contributed by atoms with E-state index in [1.807, 2.05) is 0 Å². The molecule has 0 bridgehead atoms. The first kappa shape index (κ1) is 18.5. The Labute approximate surface area is 173 Å². The fourth-order valence-corrected chi connectivity index (χ4v) is 8.13. The van der Waals surface area contributed by atoms with Crippen LogP contribution < -0.4 is 13.9 Å². The van der Waals surface area contributed by atoms with Crippen LogP contribution in [0.2, 0.25) is 0 Å². The molecule has 27 heavy (non-hydrogen) atoms. The van der Waals surface area contributed by atoms with Crippen LogP contribution in [0.15, 0.2) is 77.4 Å². The molecule has 0 aliphatic carbocycles. The number of allylic oxidation sites excluding steroid dienone is 4. The van der Waals surface area contributed by atoms with E-state index in [4.69, 9.17) is 0 Å². The summed E-state index contributed by atoms with van der Waals surface area (Å²) in [6.07, 6.45) is 11.1. The van der Waals surface area contributed by atoms with Crippen molar-refractivity contribution >= 4 is 55.5 Å². The normalized spacial score (nSPS) is 15.6. The molecule has 2 nitrogen and oxygen atoms in total. The minimum absolute atomic E-state index is 0.407. The molecule has 0 saturated heterocycles. The fourth-order valence-electron chi connectivity index (χ4n) is 3.35. The first-order valence-electron chi connectivity index (χ1n) is 9.32. The molecule has 0 fully saturated rings. The van der Waals surface area contributed by atoms with Gasteiger partial charge in [-0.3, -0.25) is 0 Å². The summed E-state index contributed by atoms with van der Waals surface area (Å²) in [6.45, 7) is 6.51. The van der Waals surface area contributed by atoms with E-state index in [0.717, 1.165) is 13.1 Å². The Morgan fingerprint density at radius 2 is 1.78 bits per heavy atom. The average Bonchev–Trinajstić information content (AvgIpc) is 3.24. The summed E-state index contributed by atoms with van der Waals surface area (Å²) in [5.41, 5.74) is 2.77. The van der Waals surface area contributed by atoms with Gasteiger partial charge in [-0.1, -0.05) is 0 Å². The summed E-state index contributed by atoms with van der Waals surface area (Å²) in [7, 11) is 0. The molecule has 0 atom stereocenters. The summed E-state index contributed by atoms with van der Waals surface area (Å²) in [4.78, 5) is 2.44. The van der Waals surface area contributed by atoms with E-state index in [1.54, 1.807) is 0 Å². The van der Waals surface area contributed by atoms with Gasteiger partial charge in [-0.2, -0.15) is 0 Å². The average molecular weight is 485 g/mol. The molecule has 4 rings (SSSR count). The Hall–Kier alpha value is -1.83. The van der Waals surface area contributed by atoms with Crippen LogP contribution in [0.25, 0.3) is 15.9 Å². The van der Waals surface area contributed by atoms with Crippen LogP contribution in [-0.4, -0.2) is 36.0 Å². The second-order valence-electron chi connectivity index (χ2n) is 6.22. The van der Waals surface area contributed by atoms with Gasteiger partial charge in [0.2, 0.25) is 0 Å².